The van der Waals surface area contributed by atoms with Crippen molar-refractivity contribution in [2.45, 2.75) is 6.42 Å². The predicted molar refractivity (Wildman–Crippen MR) is 130 cm³/mol. The SMILES string of the molecule is CN(C)CCCOc1nc(N2CCN(C=O)CC2)c2cc(Cl)c(-c3c(O)cccc3F)c(F)c2n1. The van der Waals surface area contributed by atoms with Crippen molar-refractivity contribution < 1.29 is 23.4 Å². The van der Waals surface area contributed by atoms with E-state index in [1.54, 1.807) is 4.90 Å². The number of carbonyl (C=O) groups excluding carboxylic acids is 1. The molecular formula is C24H26ClF2N5O3. The third-order valence-corrected chi connectivity index (χ3v) is 6.13. The number of rotatable bonds is 8. The molecule has 0 atom stereocenters. The molecule has 8 nitrogen and oxygen atoms in total. The Bertz CT molecular complexity index is 1220. The maximum atomic E-state index is 15.9. The minimum Gasteiger partial charge on any atom is -0.507 e. The average molecular weight is 506 g/mol. The smallest absolute Gasteiger partial charge is 0.319 e. The lowest BCUT2D eigenvalue weighted by Crippen LogP contribution is -2.46. The minimum atomic E-state index is -0.888. The van der Waals surface area contributed by atoms with E-state index in [9.17, 15) is 14.3 Å². The van der Waals surface area contributed by atoms with Gasteiger partial charge in [-0.2, -0.15) is 9.97 Å². The zero-order chi connectivity index (χ0) is 25.1. The van der Waals surface area contributed by atoms with Crippen LogP contribution in [0.1, 0.15) is 6.42 Å². The highest BCUT2D eigenvalue weighted by molar-refractivity contribution is 6.34. The number of piperazine rings is 1. The number of aromatic nitrogens is 2. The number of ether oxygens (including phenoxy) is 1. The summed E-state index contributed by atoms with van der Waals surface area (Å²) in [6.07, 6.45) is 1.50. The highest BCUT2D eigenvalue weighted by Crippen LogP contribution is 2.42. The molecule has 35 heavy (non-hydrogen) atoms. The van der Waals surface area contributed by atoms with Crippen LogP contribution in [0.4, 0.5) is 14.6 Å². The van der Waals surface area contributed by atoms with E-state index in [1.807, 2.05) is 23.9 Å². The van der Waals surface area contributed by atoms with Crippen LogP contribution in [0.2, 0.25) is 5.02 Å². The van der Waals surface area contributed by atoms with Crippen molar-refractivity contribution in [3.63, 3.8) is 0 Å². The molecule has 0 radical (unpaired) electrons. The standard InChI is InChI=1S/C24H26ClF2N5O3/c1-30(2)7-4-12-35-24-28-22-15(23(29-24)32-10-8-31(14-33)9-11-32)13-16(25)19(21(22)27)20-17(26)5-3-6-18(20)34/h3,5-6,13-14,34H,4,7-12H2,1-2H3. The van der Waals surface area contributed by atoms with Crippen molar-refractivity contribution in [1.29, 1.82) is 0 Å². The van der Waals surface area contributed by atoms with E-state index in [0.29, 0.717) is 50.4 Å². The molecule has 1 aliphatic rings. The number of phenols is 1. The van der Waals surface area contributed by atoms with Crippen LogP contribution < -0.4 is 9.64 Å². The summed E-state index contributed by atoms with van der Waals surface area (Å²) >= 11 is 6.43. The van der Waals surface area contributed by atoms with Crippen LogP contribution in [-0.4, -0.2) is 84.7 Å². The van der Waals surface area contributed by atoms with E-state index < -0.39 is 17.4 Å². The first-order valence-corrected chi connectivity index (χ1v) is 11.6. The second-order valence-electron chi connectivity index (χ2n) is 8.54. The molecule has 0 spiro atoms. The predicted octanol–water partition coefficient (Wildman–Crippen LogP) is 3.54. The normalized spacial score (nSPS) is 14.1. The second kappa shape index (κ2) is 10.6. The fourth-order valence-electron chi connectivity index (χ4n) is 4.04. The zero-order valence-electron chi connectivity index (χ0n) is 19.5. The Balaban J connectivity index is 1.83. The van der Waals surface area contributed by atoms with E-state index in [2.05, 4.69) is 9.97 Å². The summed E-state index contributed by atoms with van der Waals surface area (Å²) in [6.45, 7) is 3.00. The van der Waals surface area contributed by atoms with Gasteiger partial charge in [0.05, 0.1) is 17.2 Å². The van der Waals surface area contributed by atoms with Crippen molar-refractivity contribution in [3.05, 3.63) is 40.9 Å². The number of nitrogens with zero attached hydrogens (tertiary/aromatic N) is 5. The lowest BCUT2D eigenvalue weighted by atomic mass is 10.0. The molecule has 0 unspecified atom stereocenters. The van der Waals surface area contributed by atoms with Gasteiger partial charge in [0.1, 0.15) is 22.9 Å². The summed E-state index contributed by atoms with van der Waals surface area (Å²) in [6, 6.07) is 5.15. The zero-order valence-corrected chi connectivity index (χ0v) is 20.2. The third-order valence-electron chi connectivity index (χ3n) is 5.83. The molecule has 1 saturated heterocycles. The monoisotopic (exact) mass is 505 g/mol. The molecule has 0 saturated carbocycles. The van der Waals surface area contributed by atoms with Gasteiger partial charge >= 0.3 is 6.01 Å². The lowest BCUT2D eigenvalue weighted by molar-refractivity contribution is -0.118. The lowest BCUT2D eigenvalue weighted by Gasteiger charge is -2.34. The average Bonchev–Trinajstić information content (AvgIpc) is 2.83. The van der Waals surface area contributed by atoms with Gasteiger partial charge < -0.3 is 24.5 Å². The van der Waals surface area contributed by atoms with Crippen molar-refractivity contribution in [3.8, 4) is 22.9 Å². The summed E-state index contributed by atoms with van der Waals surface area (Å²) in [7, 11) is 3.89. The van der Waals surface area contributed by atoms with Crippen molar-refractivity contribution in [2.24, 2.45) is 0 Å². The molecular weight excluding hydrogens is 480 g/mol. The second-order valence-corrected chi connectivity index (χ2v) is 8.95. The molecule has 2 aromatic carbocycles. The highest BCUT2D eigenvalue weighted by atomic mass is 35.5. The Kier molecular flexibility index (Phi) is 7.51. The number of hydrogen-bond donors (Lipinski definition) is 1. The molecule has 1 N–H and O–H groups in total. The number of carbonyl (C=O) groups is 1. The topological polar surface area (TPSA) is 82.0 Å². The Morgan fingerprint density at radius 2 is 1.91 bits per heavy atom. The molecule has 11 heteroatoms. The van der Waals surface area contributed by atoms with Crippen molar-refractivity contribution in [1.82, 2.24) is 19.8 Å². The molecule has 0 bridgehead atoms. The Labute approximate surface area is 206 Å². The van der Waals surface area contributed by atoms with Crippen LogP contribution in [0.25, 0.3) is 22.0 Å². The van der Waals surface area contributed by atoms with Gasteiger partial charge in [-0.05, 0) is 38.7 Å². The van der Waals surface area contributed by atoms with E-state index in [-0.39, 0.29) is 27.7 Å². The molecule has 1 amide bonds. The third kappa shape index (κ3) is 5.23. The number of anilines is 1. The fourth-order valence-corrected chi connectivity index (χ4v) is 4.32. The van der Waals surface area contributed by atoms with Crippen LogP contribution in [0.15, 0.2) is 24.3 Å². The molecule has 1 aromatic heterocycles. The maximum Gasteiger partial charge on any atom is 0.319 e. The summed E-state index contributed by atoms with van der Waals surface area (Å²) < 4.78 is 36.3. The van der Waals surface area contributed by atoms with Gasteiger partial charge in [-0.1, -0.05) is 17.7 Å². The van der Waals surface area contributed by atoms with Gasteiger partial charge in [-0.15, -0.1) is 0 Å². The molecule has 2 heterocycles. The summed E-state index contributed by atoms with van der Waals surface area (Å²) in [5.74, 6) is -1.73. The molecule has 1 aliphatic heterocycles. The minimum absolute atomic E-state index is 0.0194. The molecule has 4 rings (SSSR count). The summed E-state index contributed by atoms with van der Waals surface area (Å²) in [5, 5.41) is 10.5. The van der Waals surface area contributed by atoms with Gasteiger partial charge in [-0.25, -0.2) is 8.78 Å². The van der Waals surface area contributed by atoms with E-state index in [0.717, 1.165) is 19.0 Å². The first kappa shape index (κ1) is 24.9. The Morgan fingerprint density at radius 3 is 2.57 bits per heavy atom. The van der Waals surface area contributed by atoms with Crippen LogP contribution in [0, 0.1) is 11.6 Å². The van der Waals surface area contributed by atoms with Gasteiger partial charge in [0.15, 0.2) is 5.82 Å². The van der Waals surface area contributed by atoms with Gasteiger partial charge in [0, 0.05) is 43.7 Å². The highest BCUT2D eigenvalue weighted by Gasteiger charge is 2.26. The van der Waals surface area contributed by atoms with Gasteiger partial charge in [-0.3, -0.25) is 4.79 Å². The number of halogens is 3. The number of fused-ring (bicyclic) bond motifs is 1. The van der Waals surface area contributed by atoms with Gasteiger partial charge in [0.25, 0.3) is 0 Å². The number of aromatic hydroxyl groups is 1. The van der Waals surface area contributed by atoms with E-state index in [1.165, 1.54) is 18.2 Å². The van der Waals surface area contributed by atoms with Gasteiger partial charge in [0.2, 0.25) is 6.41 Å². The van der Waals surface area contributed by atoms with Crippen molar-refractivity contribution >= 4 is 34.7 Å². The first-order valence-electron chi connectivity index (χ1n) is 11.2. The number of amides is 1. The van der Waals surface area contributed by atoms with E-state index in [4.69, 9.17) is 16.3 Å². The van der Waals surface area contributed by atoms with Crippen molar-refractivity contribution in [2.75, 3.05) is 58.3 Å². The summed E-state index contributed by atoms with van der Waals surface area (Å²) in [4.78, 5) is 25.5. The molecule has 0 aliphatic carbocycles. The largest absolute Gasteiger partial charge is 0.507 e. The Hall–Kier alpha value is -3.24. The summed E-state index contributed by atoms with van der Waals surface area (Å²) in [5.41, 5.74) is -0.730. The quantitative estimate of drug-likeness (QED) is 0.370. The van der Waals surface area contributed by atoms with Crippen LogP contribution in [0.5, 0.6) is 11.8 Å². The maximum absolute atomic E-state index is 15.9. The van der Waals surface area contributed by atoms with Crippen LogP contribution in [-0.2, 0) is 4.79 Å². The first-order chi connectivity index (χ1) is 16.8. The molecule has 3 aromatic rings. The number of benzene rings is 2. The van der Waals surface area contributed by atoms with Crippen LogP contribution >= 0.6 is 11.6 Å². The Morgan fingerprint density at radius 1 is 1.17 bits per heavy atom. The molecule has 186 valence electrons. The van der Waals surface area contributed by atoms with Crippen LogP contribution in [0.3, 0.4) is 0 Å². The number of phenolic OH excluding ortho intramolecular Hbond substituents is 1. The molecule has 1 fully saturated rings. The van der Waals surface area contributed by atoms with E-state index >= 15 is 4.39 Å². The number of hydrogen-bond acceptors (Lipinski definition) is 7. The fraction of sp³-hybridized carbons (Fsp3) is 0.375.